The molecule has 0 saturated carbocycles. The molecule has 0 fully saturated rings. The summed E-state index contributed by atoms with van der Waals surface area (Å²) in [6, 6.07) is 0.112. The number of hydrogen-bond donors (Lipinski definition) is 1. The summed E-state index contributed by atoms with van der Waals surface area (Å²) in [5.41, 5.74) is 0. The van der Waals surface area contributed by atoms with Crippen molar-refractivity contribution < 1.29 is 8.42 Å². The summed E-state index contributed by atoms with van der Waals surface area (Å²) in [4.78, 5) is 0. The Hall–Kier alpha value is -0.0900. The standard InChI is InChI=1S/C15H33NO2S/c1-5-7-8-9-10-11-12-15(16-13-6-2)14(3)19(4,17)18/h14-16H,5-13H2,1-4H3. The van der Waals surface area contributed by atoms with Gasteiger partial charge in [0.05, 0.1) is 5.25 Å². The third kappa shape index (κ3) is 9.44. The molecule has 0 aliphatic heterocycles. The fraction of sp³-hybridized carbons (Fsp3) is 1.00. The smallest absolute Gasteiger partial charge is 0.151 e. The van der Waals surface area contributed by atoms with Gasteiger partial charge in [0.2, 0.25) is 0 Å². The highest BCUT2D eigenvalue weighted by Crippen LogP contribution is 2.14. The first-order chi connectivity index (χ1) is 8.93. The summed E-state index contributed by atoms with van der Waals surface area (Å²) in [6.45, 7) is 7.07. The van der Waals surface area contributed by atoms with Crippen LogP contribution in [-0.4, -0.2) is 32.5 Å². The van der Waals surface area contributed by atoms with Gasteiger partial charge in [-0.05, 0) is 26.3 Å². The first kappa shape index (κ1) is 18.9. The Morgan fingerprint density at radius 1 is 0.947 bits per heavy atom. The van der Waals surface area contributed by atoms with Crippen LogP contribution in [0.1, 0.15) is 72.1 Å². The van der Waals surface area contributed by atoms with Gasteiger partial charge in [-0.15, -0.1) is 0 Å². The maximum Gasteiger partial charge on any atom is 0.151 e. The molecule has 2 unspecified atom stereocenters. The second kappa shape index (κ2) is 10.7. The van der Waals surface area contributed by atoms with Crippen molar-refractivity contribution in [2.24, 2.45) is 0 Å². The first-order valence-corrected chi connectivity index (χ1v) is 9.81. The summed E-state index contributed by atoms with van der Waals surface area (Å²) in [6.07, 6.45) is 10.9. The van der Waals surface area contributed by atoms with Crippen LogP contribution in [0.25, 0.3) is 0 Å². The van der Waals surface area contributed by atoms with E-state index in [1.165, 1.54) is 38.4 Å². The Morgan fingerprint density at radius 3 is 2.05 bits per heavy atom. The molecule has 0 aliphatic rings. The van der Waals surface area contributed by atoms with Crippen molar-refractivity contribution in [1.82, 2.24) is 5.32 Å². The second-order valence-electron chi connectivity index (χ2n) is 5.65. The van der Waals surface area contributed by atoms with Crippen molar-refractivity contribution in [2.45, 2.75) is 83.4 Å². The van der Waals surface area contributed by atoms with E-state index < -0.39 is 9.84 Å². The largest absolute Gasteiger partial charge is 0.313 e. The monoisotopic (exact) mass is 291 g/mol. The zero-order valence-electron chi connectivity index (χ0n) is 13.2. The van der Waals surface area contributed by atoms with E-state index >= 15 is 0 Å². The molecule has 116 valence electrons. The molecule has 0 heterocycles. The van der Waals surface area contributed by atoms with Crippen molar-refractivity contribution in [3.63, 3.8) is 0 Å². The second-order valence-corrected chi connectivity index (χ2v) is 8.05. The highest BCUT2D eigenvalue weighted by Gasteiger charge is 2.24. The summed E-state index contributed by atoms with van der Waals surface area (Å²) in [7, 11) is -2.95. The molecular formula is C15H33NO2S. The predicted molar refractivity (Wildman–Crippen MR) is 84.4 cm³/mol. The van der Waals surface area contributed by atoms with Crippen LogP contribution in [0.4, 0.5) is 0 Å². The zero-order chi connectivity index (χ0) is 14.7. The van der Waals surface area contributed by atoms with Crippen molar-refractivity contribution in [1.29, 1.82) is 0 Å². The normalized spacial score (nSPS) is 15.4. The molecule has 0 saturated heterocycles. The van der Waals surface area contributed by atoms with Crippen LogP contribution < -0.4 is 5.32 Å². The number of sulfone groups is 1. The van der Waals surface area contributed by atoms with Gasteiger partial charge in [0.1, 0.15) is 0 Å². The molecule has 2 atom stereocenters. The molecule has 0 aromatic heterocycles. The number of hydrogen-bond acceptors (Lipinski definition) is 3. The molecule has 0 bridgehead atoms. The van der Waals surface area contributed by atoms with Gasteiger partial charge in [-0.2, -0.15) is 0 Å². The first-order valence-electron chi connectivity index (χ1n) is 7.85. The molecule has 0 aromatic carbocycles. The van der Waals surface area contributed by atoms with Crippen LogP contribution in [0.3, 0.4) is 0 Å². The van der Waals surface area contributed by atoms with E-state index in [0.717, 1.165) is 25.8 Å². The van der Waals surface area contributed by atoms with Crippen LogP contribution in [0, 0.1) is 0 Å². The van der Waals surface area contributed by atoms with E-state index in [9.17, 15) is 8.42 Å². The van der Waals surface area contributed by atoms with E-state index in [0.29, 0.717) is 0 Å². The lowest BCUT2D eigenvalue weighted by Crippen LogP contribution is -2.42. The van der Waals surface area contributed by atoms with E-state index in [-0.39, 0.29) is 11.3 Å². The Morgan fingerprint density at radius 2 is 1.53 bits per heavy atom. The van der Waals surface area contributed by atoms with E-state index in [1.54, 1.807) is 0 Å². The van der Waals surface area contributed by atoms with E-state index in [4.69, 9.17) is 0 Å². The molecule has 0 spiro atoms. The van der Waals surface area contributed by atoms with Crippen molar-refractivity contribution in [2.75, 3.05) is 12.8 Å². The van der Waals surface area contributed by atoms with Gasteiger partial charge in [0.15, 0.2) is 9.84 Å². The van der Waals surface area contributed by atoms with Gasteiger partial charge >= 0.3 is 0 Å². The molecule has 0 radical (unpaired) electrons. The molecular weight excluding hydrogens is 258 g/mol. The quantitative estimate of drug-likeness (QED) is 0.559. The number of nitrogens with one attached hydrogen (secondary N) is 1. The average Bonchev–Trinajstić information content (AvgIpc) is 2.35. The Kier molecular flexibility index (Phi) is 10.6. The molecule has 0 amide bonds. The summed E-state index contributed by atoms with van der Waals surface area (Å²) >= 11 is 0. The lowest BCUT2D eigenvalue weighted by molar-refractivity contribution is 0.437. The predicted octanol–water partition coefficient (Wildman–Crippen LogP) is 3.54. The zero-order valence-corrected chi connectivity index (χ0v) is 14.1. The lowest BCUT2D eigenvalue weighted by atomic mass is 10.0. The summed E-state index contributed by atoms with van der Waals surface area (Å²) in [5, 5.41) is 3.12. The molecule has 19 heavy (non-hydrogen) atoms. The van der Waals surface area contributed by atoms with Crippen molar-refractivity contribution in [3.8, 4) is 0 Å². The summed E-state index contributed by atoms with van der Waals surface area (Å²) < 4.78 is 23.3. The minimum absolute atomic E-state index is 0.112. The Labute approximate surface area is 120 Å². The highest BCUT2D eigenvalue weighted by molar-refractivity contribution is 7.91. The van der Waals surface area contributed by atoms with E-state index in [2.05, 4.69) is 19.2 Å². The van der Waals surface area contributed by atoms with Gasteiger partial charge in [-0.25, -0.2) is 8.42 Å². The minimum atomic E-state index is -2.95. The maximum atomic E-state index is 11.7. The van der Waals surface area contributed by atoms with Crippen LogP contribution in [0.5, 0.6) is 0 Å². The SMILES string of the molecule is CCCCCCCCC(NCCC)C(C)S(C)(=O)=O. The maximum absolute atomic E-state index is 11.7. The Bertz CT molecular complexity index is 301. The number of unbranched alkanes of at least 4 members (excludes halogenated alkanes) is 5. The fourth-order valence-corrected chi connectivity index (χ4v) is 3.10. The molecule has 1 N–H and O–H groups in total. The summed E-state index contributed by atoms with van der Waals surface area (Å²) in [5.74, 6) is 0. The topological polar surface area (TPSA) is 46.2 Å². The molecule has 3 nitrogen and oxygen atoms in total. The minimum Gasteiger partial charge on any atom is -0.313 e. The van der Waals surface area contributed by atoms with Gasteiger partial charge in [-0.3, -0.25) is 0 Å². The molecule has 0 aromatic rings. The number of rotatable bonds is 12. The van der Waals surface area contributed by atoms with Crippen LogP contribution in [0.2, 0.25) is 0 Å². The fourth-order valence-electron chi connectivity index (χ4n) is 2.28. The average molecular weight is 292 g/mol. The lowest BCUT2D eigenvalue weighted by Gasteiger charge is -2.24. The van der Waals surface area contributed by atoms with Crippen molar-refractivity contribution >= 4 is 9.84 Å². The van der Waals surface area contributed by atoms with Crippen LogP contribution >= 0.6 is 0 Å². The van der Waals surface area contributed by atoms with Crippen molar-refractivity contribution in [3.05, 3.63) is 0 Å². The van der Waals surface area contributed by atoms with Crippen LogP contribution in [-0.2, 0) is 9.84 Å². The molecule has 0 aliphatic carbocycles. The van der Waals surface area contributed by atoms with Gasteiger partial charge in [0, 0.05) is 12.3 Å². The Balaban J connectivity index is 4.07. The molecule has 0 rings (SSSR count). The highest BCUT2D eigenvalue weighted by atomic mass is 32.2. The van der Waals surface area contributed by atoms with E-state index in [1.807, 2.05) is 6.92 Å². The van der Waals surface area contributed by atoms with Crippen LogP contribution in [0.15, 0.2) is 0 Å². The van der Waals surface area contributed by atoms with Gasteiger partial charge in [-0.1, -0.05) is 52.4 Å². The third-order valence-corrected chi connectivity index (χ3v) is 5.45. The van der Waals surface area contributed by atoms with Gasteiger partial charge in [0.25, 0.3) is 0 Å². The third-order valence-electron chi connectivity index (χ3n) is 3.77. The van der Waals surface area contributed by atoms with Gasteiger partial charge < -0.3 is 5.32 Å². The molecule has 4 heteroatoms.